The lowest BCUT2D eigenvalue weighted by Gasteiger charge is -2.16. The third-order valence-corrected chi connectivity index (χ3v) is 3.61. The molecule has 1 aliphatic rings. The number of hydrogen-bond donors (Lipinski definition) is 2. The molecule has 5 heteroatoms. The number of nitrogens with one attached hydrogen (secondary N) is 1. The van der Waals surface area contributed by atoms with Crippen LogP contribution in [-0.4, -0.2) is 41.7 Å². The molecule has 19 heavy (non-hydrogen) atoms. The minimum absolute atomic E-state index is 0.0945. The molecule has 0 aliphatic carbocycles. The van der Waals surface area contributed by atoms with Gasteiger partial charge < -0.3 is 10.4 Å². The zero-order chi connectivity index (χ0) is 14.0. The molecule has 0 aromatic heterocycles. The van der Waals surface area contributed by atoms with Crippen molar-refractivity contribution in [2.75, 3.05) is 25.0 Å². The van der Waals surface area contributed by atoms with Crippen LogP contribution in [0, 0.1) is 13.8 Å². The topological polar surface area (TPSA) is 52.6 Å². The van der Waals surface area contributed by atoms with Crippen LogP contribution in [0.5, 0.6) is 0 Å². The molecule has 1 aliphatic heterocycles. The summed E-state index contributed by atoms with van der Waals surface area (Å²) in [4.78, 5) is 13.9. The van der Waals surface area contributed by atoms with E-state index < -0.39 is 0 Å². The summed E-state index contributed by atoms with van der Waals surface area (Å²) in [7, 11) is 0. The van der Waals surface area contributed by atoms with E-state index in [1.54, 1.807) is 0 Å². The first-order valence-corrected chi connectivity index (χ1v) is 6.80. The summed E-state index contributed by atoms with van der Waals surface area (Å²) >= 11 is 6.15. The molecular formula is C14H19ClN2O2. The molecule has 2 N–H and O–H groups in total. The number of aliphatic hydroxyl groups is 1. The van der Waals surface area contributed by atoms with Gasteiger partial charge in [-0.3, -0.25) is 9.69 Å². The Bertz CT molecular complexity index is 467. The SMILES string of the molecule is Cc1cc(C)c(NC(=O)CN2CCC(O)C2)c(Cl)c1. The second kappa shape index (κ2) is 5.90. The fraction of sp³-hybridized carbons (Fsp3) is 0.500. The number of amides is 1. The predicted molar refractivity (Wildman–Crippen MR) is 76.6 cm³/mol. The number of carbonyl (C=O) groups excluding carboxylic acids is 1. The van der Waals surface area contributed by atoms with Gasteiger partial charge in [0.2, 0.25) is 5.91 Å². The number of aliphatic hydroxyl groups excluding tert-OH is 1. The Labute approximate surface area is 118 Å². The summed E-state index contributed by atoms with van der Waals surface area (Å²) < 4.78 is 0. The molecule has 0 bridgehead atoms. The molecule has 0 radical (unpaired) electrons. The van der Waals surface area contributed by atoms with Crippen LogP contribution >= 0.6 is 11.6 Å². The van der Waals surface area contributed by atoms with Crippen LogP contribution in [0.3, 0.4) is 0 Å². The van der Waals surface area contributed by atoms with E-state index in [1.165, 1.54) is 0 Å². The van der Waals surface area contributed by atoms with Crippen LogP contribution in [0.15, 0.2) is 12.1 Å². The van der Waals surface area contributed by atoms with E-state index in [9.17, 15) is 9.90 Å². The minimum atomic E-state index is -0.308. The highest BCUT2D eigenvalue weighted by Gasteiger charge is 2.22. The van der Waals surface area contributed by atoms with Crippen molar-refractivity contribution < 1.29 is 9.90 Å². The second-order valence-electron chi connectivity index (χ2n) is 5.16. The number of benzene rings is 1. The van der Waals surface area contributed by atoms with Crippen molar-refractivity contribution in [3.8, 4) is 0 Å². The molecule has 1 aromatic carbocycles. The summed E-state index contributed by atoms with van der Waals surface area (Å²) in [5.74, 6) is -0.0945. The first kappa shape index (κ1) is 14.3. The third-order valence-electron chi connectivity index (χ3n) is 3.31. The average molecular weight is 283 g/mol. The highest BCUT2D eigenvalue weighted by Crippen LogP contribution is 2.27. The van der Waals surface area contributed by atoms with Gasteiger partial charge in [-0.2, -0.15) is 0 Å². The molecule has 1 unspecified atom stereocenters. The third kappa shape index (κ3) is 3.69. The van der Waals surface area contributed by atoms with Gasteiger partial charge in [0, 0.05) is 13.1 Å². The standard InChI is InChI=1S/C14H19ClN2O2/c1-9-5-10(2)14(12(15)6-9)16-13(19)8-17-4-3-11(18)7-17/h5-6,11,18H,3-4,7-8H2,1-2H3,(H,16,19). The van der Waals surface area contributed by atoms with Crippen LogP contribution in [0.4, 0.5) is 5.69 Å². The highest BCUT2D eigenvalue weighted by atomic mass is 35.5. The molecule has 104 valence electrons. The van der Waals surface area contributed by atoms with Crippen molar-refractivity contribution in [2.45, 2.75) is 26.4 Å². The monoisotopic (exact) mass is 282 g/mol. The number of rotatable bonds is 3. The number of aryl methyl sites for hydroxylation is 2. The maximum absolute atomic E-state index is 12.0. The number of likely N-dealkylation sites (tertiary alicyclic amines) is 1. The normalized spacial score (nSPS) is 19.7. The van der Waals surface area contributed by atoms with Gasteiger partial charge in [-0.1, -0.05) is 17.7 Å². The Morgan fingerprint density at radius 3 is 2.84 bits per heavy atom. The van der Waals surface area contributed by atoms with Gasteiger partial charge in [0.15, 0.2) is 0 Å². The average Bonchev–Trinajstić information content (AvgIpc) is 2.69. The van der Waals surface area contributed by atoms with Crippen molar-refractivity contribution in [2.24, 2.45) is 0 Å². The maximum atomic E-state index is 12.0. The summed E-state index contributed by atoms with van der Waals surface area (Å²) in [6, 6.07) is 3.82. The lowest BCUT2D eigenvalue weighted by molar-refractivity contribution is -0.117. The lowest BCUT2D eigenvalue weighted by atomic mass is 10.1. The van der Waals surface area contributed by atoms with Gasteiger partial charge in [0.25, 0.3) is 0 Å². The largest absolute Gasteiger partial charge is 0.392 e. The summed E-state index contributed by atoms with van der Waals surface area (Å²) in [6.07, 6.45) is 0.426. The van der Waals surface area contributed by atoms with Crippen molar-refractivity contribution in [1.29, 1.82) is 0 Å². The molecule has 1 amide bonds. The van der Waals surface area contributed by atoms with E-state index in [-0.39, 0.29) is 12.0 Å². The van der Waals surface area contributed by atoms with E-state index in [1.807, 2.05) is 30.9 Å². The van der Waals surface area contributed by atoms with Crippen LogP contribution in [0.1, 0.15) is 17.5 Å². The van der Waals surface area contributed by atoms with Crippen LogP contribution in [0.2, 0.25) is 5.02 Å². The fourth-order valence-electron chi connectivity index (χ4n) is 2.41. The predicted octanol–water partition coefficient (Wildman–Crippen LogP) is 1.96. The second-order valence-corrected chi connectivity index (χ2v) is 5.57. The van der Waals surface area contributed by atoms with Gasteiger partial charge in [0.1, 0.15) is 0 Å². The van der Waals surface area contributed by atoms with E-state index in [2.05, 4.69) is 5.32 Å². The molecule has 1 aromatic rings. The van der Waals surface area contributed by atoms with E-state index >= 15 is 0 Å². The quantitative estimate of drug-likeness (QED) is 0.891. The number of anilines is 1. The van der Waals surface area contributed by atoms with Gasteiger partial charge >= 0.3 is 0 Å². The Morgan fingerprint density at radius 1 is 1.53 bits per heavy atom. The minimum Gasteiger partial charge on any atom is -0.392 e. The molecule has 1 saturated heterocycles. The maximum Gasteiger partial charge on any atom is 0.238 e. The Balaban J connectivity index is 1.99. The number of β-amino-alcohol motifs (C(OH)–C–C–N with tert-alkyl or cyclic N) is 1. The smallest absolute Gasteiger partial charge is 0.238 e. The first-order chi connectivity index (χ1) is 8.95. The van der Waals surface area contributed by atoms with Gasteiger partial charge in [-0.25, -0.2) is 0 Å². The molecule has 1 atom stereocenters. The summed E-state index contributed by atoms with van der Waals surface area (Å²) in [6.45, 7) is 5.51. The van der Waals surface area contributed by atoms with Crippen LogP contribution < -0.4 is 5.32 Å². The van der Waals surface area contributed by atoms with Crippen molar-refractivity contribution in [1.82, 2.24) is 4.90 Å². The highest BCUT2D eigenvalue weighted by molar-refractivity contribution is 6.34. The zero-order valence-corrected chi connectivity index (χ0v) is 12.0. The van der Waals surface area contributed by atoms with E-state index in [4.69, 9.17) is 11.6 Å². The zero-order valence-electron chi connectivity index (χ0n) is 11.2. The number of hydrogen-bond acceptors (Lipinski definition) is 3. The lowest BCUT2D eigenvalue weighted by Crippen LogP contribution is -2.32. The van der Waals surface area contributed by atoms with Crippen molar-refractivity contribution in [3.05, 3.63) is 28.3 Å². The molecule has 1 heterocycles. The first-order valence-electron chi connectivity index (χ1n) is 6.42. The van der Waals surface area contributed by atoms with Gasteiger partial charge in [-0.05, 0) is 37.5 Å². The van der Waals surface area contributed by atoms with Crippen LogP contribution in [-0.2, 0) is 4.79 Å². The molecule has 0 spiro atoms. The summed E-state index contributed by atoms with van der Waals surface area (Å²) in [5, 5.41) is 12.8. The molecule has 0 saturated carbocycles. The number of nitrogens with zero attached hydrogens (tertiary/aromatic N) is 1. The molecule has 2 rings (SSSR count). The molecule has 4 nitrogen and oxygen atoms in total. The number of carbonyl (C=O) groups is 1. The van der Waals surface area contributed by atoms with E-state index in [0.717, 1.165) is 24.1 Å². The Hall–Kier alpha value is -1.10. The Morgan fingerprint density at radius 2 is 2.26 bits per heavy atom. The Kier molecular flexibility index (Phi) is 4.45. The summed E-state index contributed by atoms with van der Waals surface area (Å²) in [5.41, 5.74) is 2.71. The fourth-order valence-corrected chi connectivity index (χ4v) is 2.78. The number of halogens is 1. The van der Waals surface area contributed by atoms with Crippen LogP contribution in [0.25, 0.3) is 0 Å². The van der Waals surface area contributed by atoms with Crippen molar-refractivity contribution >= 4 is 23.2 Å². The molecular weight excluding hydrogens is 264 g/mol. The van der Waals surface area contributed by atoms with Crippen molar-refractivity contribution in [3.63, 3.8) is 0 Å². The van der Waals surface area contributed by atoms with E-state index in [0.29, 0.717) is 23.8 Å². The molecule has 1 fully saturated rings. The van der Waals surface area contributed by atoms with Gasteiger partial charge in [-0.15, -0.1) is 0 Å². The van der Waals surface area contributed by atoms with Gasteiger partial charge in [0.05, 0.1) is 23.4 Å².